The Bertz CT molecular complexity index is 790. The molecule has 2 aromatic rings. The summed E-state index contributed by atoms with van der Waals surface area (Å²) in [6.07, 6.45) is 0. The Morgan fingerprint density at radius 1 is 1.00 bits per heavy atom. The summed E-state index contributed by atoms with van der Waals surface area (Å²) in [6.45, 7) is 4.83. The molecular formula is C21H25ClN4O2. The van der Waals surface area contributed by atoms with Gasteiger partial charge in [-0.15, -0.1) is 0 Å². The molecule has 1 atom stereocenters. The van der Waals surface area contributed by atoms with E-state index in [9.17, 15) is 9.59 Å². The third-order valence-electron chi connectivity index (χ3n) is 4.80. The smallest absolute Gasteiger partial charge is 0.318 e. The molecule has 0 spiro atoms. The van der Waals surface area contributed by atoms with Crippen molar-refractivity contribution >= 4 is 29.2 Å². The van der Waals surface area contributed by atoms with Crippen LogP contribution in [0.15, 0.2) is 54.6 Å². The molecule has 2 N–H and O–H groups in total. The average Bonchev–Trinajstić information content (AvgIpc) is 2.73. The number of hydrogen-bond acceptors (Lipinski definition) is 3. The lowest BCUT2D eigenvalue weighted by atomic mass is 10.2. The van der Waals surface area contributed by atoms with Crippen LogP contribution in [0.2, 0.25) is 5.02 Å². The third-order valence-corrected chi connectivity index (χ3v) is 5.05. The third kappa shape index (κ3) is 5.39. The maximum absolute atomic E-state index is 12.5. The molecule has 148 valence electrons. The van der Waals surface area contributed by atoms with E-state index in [4.69, 9.17) is 11.6 Å². The summed E-state index contributed by atoms with van der Waals surface area (Å²) in [5.74, 6) is -0.197. The molecule has 7 heteroatoms. The zero-order valence-electron chi connectivity index (χ0n) is 15.9. The molecule has 1 aliphatic heterocycles. The van der Waals surface area contributed by atoms with Gasteiger partial charge in [0.1, 0.15) is 6.04 Å². The van der Waals surface area contributed by atoms with Gasteiger partial charge in [-0.25, -0.2) is 4.79 Å². The van der Waals surface area contributed by atoms with Crippen LogP contribution in [0.5, 0.6) is 0 Å². The van der Waals surface area contributed by atoms with Gasteiger partial charge in [0.05, 0.1) is 0 Å². The summed E-state index contributed by atoms with van der Waals surface area (Å²) in [6, 6.07) is 16.6. The van der Waals surface area contributed by atoms with E-state index in [1.807, 2.05) is 54.6 Å². The normalized spacial score (nSPS) is 15.1. The van der Waals surface area contributed by atoms with Gasteiger partial charge in [0, 0.05) is 43.4 Å². The molecule has 1 saturated heterocycles. The summed E-state index contributed by atoms with van der Waals surface area (Å²) >= 11 is 5.93. The number of benzene rings is 2. The van der Waals surface area contributed by atoms with Crippen molar-refractivity contribution in [2.75, 3.05) is 31.1 Å². The Kier molecular flexibility index (Phi) is 6.76. The van der Waals surface area contributed by atoms with E-state index in [2.05, 4.69) is 15.5 Å². The number of rotatable bonds is 5. The molecule has 1 aliphatic rings. The van der Waals surface area contributed by atoms with Gasteiger partial charge in [0.15, 0.2) is 0 Å². The van der Waals surface area contributed by atoms with Crippen LogP contribution in [0.1, 0.15) is 12.5 Å². The Morgan fingerprint density at radius 3 is 2.29 bits per heavy atom. The van der Waals surface area contributed by atoms with Gasteiger partial charge < -0.3 is 20.4 Å². The molecule has 3 rings (SSSR count). The van der Waals surface area contributed by atoms with Crippen molar-refractivity contribution in [3.8, 4) is 0 Å². The number of piperazine rings is 1. The van der Waals surface area contributed by atoms with E-state index in [-0.39, 0.29) is 11.9 Å². The predicted molar refractivity (Wildman–Crippen MR) is 112 cm³/mol. The molecule has 1 heterocycles. The van der Waals surface area contributed by atoms with Gasteiger partial charge >= 0.3 is 6.03 Å². The van der Waals surface area contributed by atoms with Crippen LogP contribution in [0, 0.1) is 0 Å². The topological polar surface area (TPSA) is 64.7 Å². The summed E-state index contributed by atoms with van der Waals surface area (Å²) in [5, 5.41) is 6.35. The summed E-state index contributed by atoms with van der Waals surface area (Å²) < 4.78 is 0. The second-order valence-corrected chi connectivity index (χ2v) is 7.26. The minimum atomic E-state index is -0.592. The highest BCUT2D eigenvalue weighted by Crippen LogP contribution is 2.19. The van der Waals surface area contributed by atoms with Crippen LogP contribution in [-0.2, 0) is 11.3 Å². The highest BCUT2D eigenvalue weighted by molar-refractivity contribution is 6.30. The zero-order valence-corrected chi connectivity index (χ0v) is 16.7. The van der Waals surface area contributed by atoms with Gasteiger partial charge in [0.25, 0.3) is 0 Å². The lowest BCUT2D eigenvalue weighted by Gasteiger charge is -2.36. The van der Waals surface area contributed by atoms with Crippen molar-refractivity contribution in [1.29, 1.82) is 0 Å². The molecule has 6 nitrogen and oxygen atoms in total. The summed E-state index contributed by atoms with van der Waals surface area (Å²) in [4.78, 5) is 28.7. The molecule has 28 heavy (non-hydrogen) atoms. The number of anilines is 1. The standard InChI is InChI=1S/C21H25ClN4O2/c1-16(20(27)23-15-17-5-3-2-4-6-17)24-21(28)26-13-11-25(12-14-26)19-9-7-18(22)8-10-19/h2-10,16H,11-15H2,1H3,(H,23,27)(H,24,28)/t16-/m1/s1. The Morgan fingerprint density at radius 2 is 1.64 bits per heavy atom. The van der Waals surface area contributed by atoms with E-state index in [1.165, 1.54) is 0 Å². The molecule has 2 aromatic carbocycles. The highest BCUT2D eigenvalue weighted by atomic mass is 35.5. The lowest BCUT2D eigenvalue weighted by molar-refractivity contribution is -0.122. The number of nitrogens with zero attached hydrogens (tertiary/aromatic N) is 2. The second kappa shape index (κ2) is 9.46. The number of carbonyl (C=O) groups is 2. The Labute approximate surface area is 170 Å². The van der Waals surface area contributed by atoms with Gasteiger partial charge in [-0.2, -0.15) is 0 Å². The van der Waals surface area contributed by atoms with E-state index < -0.39 is 6.04 Å². The first-order valence-corrected chi connectivity index (χ1v) is 9.78. The molecule has 0 aliphatic carbocycles. The zero-order chi connectivity index (χ0) is 19.9. The molecule has 0 bridgehead atoms. The molecule has 1 fully saturated rings. The van der Waals surface area contributed by atoms with Crippen LogP contribution >= 0.6 is 11.6 Å². The first-order valence-electron chi connectivity index (χ1n) is 9.40. The van der Waals surface area contributed by atoms with Gasteiger partial charge in [-0.1, -0.05) is 41.9 Å². The van der Waals surface area contributed by atoms with Crippen molar-refractivity contribution in [1.82, 2.24) is 15.5 Å². The van der Waals surface area contributed by atoms with Crippen LogP contribution < -0.4 is 15.5 Å². The number of amides is 3. The van der Waals surface area contributed by atoms with Crippen molar-refractivity contribution < 1.29 is 9.59 Å². The fourth-order valence-corrected chi connectivity index (χ4v) is 3.23. The molecule has 0 saturated carbocycles. The second-order valence-electron chi connectivity index (χ2n) is 6.83. The fourth-order valence-electron chi connectivity index (χ4n) is 3.10. The number of halogens is 1. The van der Waals surface area contributed by atoms with Crippen LogP contribution in [0.3, 0.4) is 0 Å². The fraction of sp³-hybridized carbons (Fsp3) is 0.333. The van der Waals surface area contributed by atoms with Gasteiger partial charge in [-0.05, 0) is 36.8 Å². The SMILES string of the molecule is C[C@@H](NC(=O)N1CCN(c2ccc(Cl)cc2)CC1)C(=O)NCc1ccccc1. The number of carbonyl (C=O) groups excluding carboxylic acids is 2. The molecule has 0 unspecified atom stereocenters. The summed E-state index contributed by atoms with van der Waals surface area (Å²) in [7, 11) is 0. The van der Waals surface area contributed by atoms with Crippen LogP contribution in [-0.4, -0.2) is 49.1 Å². The van der Waals surface area contributed by atoms with Crippen molar-refractivity contribution in [2.45, 2.75) is 19.5 Å². The van der Waals surface area contributed by atoms with Crippen LogP contribution in [0.25, 0.3) is 0 Å². The van der Waals surface area contributed by atoms with E-state index in [1.54, 1.807) is 11.8 Å². The van der Waals surface area contributed by atoms with Crippen LogP contribution in [0.4, 0.5) is 10.5 Å². The minimum Gasteiger partial charge on any atom is -0.368 e. The molecular weight excluding hydrogens is 376 g/mol. The highest BCUT2D eigenvalue weighted by Gasteiger charge is 2.24. The van der Waals surface area contributed by atoms with Gasteiger partial charge in [0.2, 0.25) is 5.91 Å². The van der Waals surface area contributed by atoms with Crippen molar-refractivity contribution in [3.05, 3.63) is 65.2 Å². The number of nitrogens with one attached hydrogen (secondary N) is 2. The van der Waals surface area contributed by atoms with Crippen molar-refractivity contribution in [2.24, 2.45) is 0 Å². The first kappa shape index (κ1) is 20.0. The number of urea groups is 1. The Balaban J connectivity index is 1.43. The van der Waals surface area contributed by atoms with E-state index >= 15 is 0 Å². The van der Waals surface area contributed by atoms with Crippen molar-refractivity contribution in [3.63, 3.8) is 0 Å². The molecule has 0 aromatic heterocycles. The quantitative estimate of drug-likeness (QED) is 0.811. The maximum atomic E-state index is 12.5. The molecule has 3 amide bonds. The average molecular weight is 401 g/mol. The predicted octanol–water partition coefficient (Wildman–Crippen LogP) is 2.88. The van der Waals surface area contributed by atoms with E-state index in [0.717, 1.165) is 24.3 Å². The monoisotopic (exact) mass is 400 g/mol. The van der Waals surface area contributed by atoms with E-state index in [0.29, 0.717) is 24.7 Å². The number of hydrogen-bond donors (Lipinski definition) is 2. The van der Waals surface area contributed by atoms with Gasteiger partial charge in [-0.3, -0.25) is 4.79 Å². The maximum Gasteiger partial charge on any atom is 0.318 e. The summed E-state index contributed by atoms with van der Waals surface area (Å²) in [5.41, 5.74) is 2.12. The first-order chi connectivity index (χ1) is 13.5. The molecule has 0 radical (unpaired) electrons. The largest absolute Gasteiger partial charge is 0.368 e. The Hall–Kier alpha value is -2.73. The lowest BCUT2D eigenvalue weighted by Crippen LogP contribution is -2.55. The minimum absolute atomic E-state index is 0.197.